The summed E-state index contributed by atoms with van der Waals surface area (Å²) in [7, 11) is 0. The number of halogens is 1. The summed E-state index contributed by atoms with van der Waals surface area (Å²) in [6, 6.07) is 2.40. The number of ether oxygens (including phenoxy) is 1. The first kappa shape index (κ1) is 12.4. The molecule has 0 saturated heterocycles. The van der Waals surface area contributed by atoms with Gasteiger partial charge in [-0.05, 0) is 20.8 Å². The van der Waals surface area contributed by atoms with Gasteiger partial charge in [-0.3, -0.25) is 5.32 Å². The van der Waals surface area contributed by atoms with E-state index in [1.54, 1.807) is 20.8 Å². The molecule has 1 amide bonds. The van der Waals surface area contributed by atoms with Crippen LogP contribution in [0, 0.1) is 5.82 Å². The van der Waals surface area contributed by atoms with Crippen molar-refractivity contribution in [2.75, 3.05) is 5.32 Å². The van der Waals surface area contributed by atoms with Crippen LogP contribution in [0.25, 0.3) is 0 Å². The van der Waals surface area contributed by atoms with Crippen molar-refractivity contribution < 1.29 is 23.6 Å². The van der Waals surface area contributed by atoms with Gasteiger partial charge in [0.05, 0.1) is 5.69 Å². The number of benzene rings is 1. The van der Waals surface area contributed by atoms with Crippen LogP contribution in [0.2, 0.25) is 0 Å². The maximum Gasteiger partial charge on any atom is 0.412 e. The minimum absolute atomic E-state index is 0.0460. The highest BCUT2D eigenvalue weighted by molar-refractivity contribution is 5.85. The molecule has 0 fully saturated rings. The molecule has 1 aromatic carbocycles. The number of fused-ring (bicyclic) bond motifs is 1. The lowest BCUT2D eigenvalue weighted by molar-refractivity contribution is 0.0259. The second kappa shape index (κ2) is 4.34. The van der Waals surface area contributed by atoms with Crippen molar-refractivity contribution >= 4 is 11.8 Å². The van der Waals surface area contributed by atoms with Crippen molar-refractivity contribution in [3.63, 3.8) is 0 Å². The number of hydrogen-bond donors (Lipinski definition) is 2. The van der Waals surface area contributed by atoms with Crippen LogP contribution >= 0.6 is 0 Å². The first-order chi connectivity index (χ1) is 8.35. The van der Waals surface area contributed by atoms with E-state index in [4.69, 9.17) is 14.4 Å². The van der Waals surface area contributed by atoms with Gasteiger partial charge in [-0.1, -0.05) is 0 Å². The van der Waals surface area contributed by atoms with E-state index in [1.165, 1.54) is 6.07 Å². The van der Waals surface area contributed by atoms with Crippen molar-refractivity contribution in [1.29, 1.82) is 0 Å². The van der Waals surface area contributed by atoms with E-state index in [1.807, 2.05) is 0 Å². The average Bonchev–Trinajstić information content (AvgIpc) is 2.62. The van der Waals surface area contributed by atoms with Crippen molar-refractivity contribution in [1.82, 2.24) is 5.64 Å². The molecular weight excluding hydrogens is 243 g/mol. The summed E-state index contributed by atoms with van der Waals surface area (Å²) in [6.07, 6.45) is -0.742. The molecular formula is C11H13FN2O4. The van der Waals surface area contributed by atoms with E-state index in [0.29, 0.717) is 0 Å². The first-order valence-corrected chi connectivity index (χ1v) is 5.27. The van der Waals surface area contributed by atoms with Gasteiger partial charge in [0.1, 0.15) is 5.60 Å². The molecule has 6 nitrogen and oxygen atoms in total. The largest absolute Gasteiger partial charge is 0.444 e. The number of rotatable bonds is 1. The summed E-state index contributed by atoms with van der Waals surface area (Å²) in [5.74, 6) is -0.156. The van der Waals surface area contributed by atoms with Gasteiger partial charge in [-0.25, -0.2) is 9.18 Å². The highest BCUT2D eigenvalue weighted by atomic mass is 19.1. The van der Waals surface area contributed by atoms with Crippen molar-refractivity contribution in [3.8, 4) is 11.5 Å². The van der Waals surface area contributed by atoms with E-state index in [-0.39, 0.29) is 17.2 Å². The number of anilines is 1. The smallest absolute Gasteiger partial charge is 0.412 e. The number of hydrogen-bond acceptors (Lipinski definition) is 5. The van der Waals surface area contributed by atoms with Gasteiger partial charge in [0.15, 0.2) is 17.3 Å². The second-order valence-corrected chi connectivity index (χ2v) is 4.69. The first-order valence-electron chi connectivity index (χ1n) is 5.27. The summed E-state index contributed by atoms with van der Waals surface area (Å²) in [4.78, 5) is 21.1. The zero-order chi connectivity index (χ0) is 13.3. The molecule has 0 bridgehead atoms. The van der Waals surface area contributed by atoms with Crippen LogP contribution < -0.4 is 20.6 Å². The number of nitrogens with one attached hydrogen (secondary N) is 2. The number of amides is 1. The van der Waals surface area contributed by atoms with Gasteiger partial charge in [-0.2, -0.15) is 0 Å². The molecule has 0 aliphatic carbocycles. The maximum atomic E-state index is 13.6. The van der Waals surface area contributed by atoms with Crippen LogP contribution in [0.15, 0.2) is 12.1 Å². The van der Waals surface area contributed by atoms with Crippen LogP contribution in [0.5, 0.6) is 11.5 Å². The fourth-order valence-corrected chi connectivity index (χ4v) is 1.31. The second-order valence-electron chi connectivity index (χ2n) is 4.69. The molecule has 1 aliphatic rings. The van der Waals surface area contributed by atoms with Gasteiger partial charge in [0.2, 0.25) is 0 Å². The van der Waals surface area contributed by atoms with Gasteiger partial charge in [-0.15, -0.1) is 0 Å². The molecule has 1 aromatic rings. The molecule has 0 atom stereocenters. The molecule has 0 spiro atoms. The minimum atomic E-state index is -0.742. The molecule has 1 heterocycles. The lowest BCUT2D eigenvalue weighted by atomic mass is 10.2. The Bertz CT molecular complexity index is 485. The van der Waals surface area contributed by atoms with E-state index >= 15 is 0 Å². The predicted molar refractivity (Wildman–Crippen MR) is 60.6 cm³/mol. The van der Waals surface area contributed by atoms with Gasteiger partial charge in [0, 0.05) is 17.8 Å². The molecule has 18 heavy (non-hydrogen) atoms. The topological polar surface area (TPSA) is 68.8 Å². The fourth-order valence-electron chi connectivity index (χ4n) is 1.31. The molecule has 1 aliphatic heterocycles. The Labute approximate surface area is 103 Å². The van der Waals surface area contributed by atoms with Crippen molar-refractivity contribution in [3.05, 3.63) is 17.9 Å². The van der Waals surface area contributed by atoms with Crippen molar-refractivity contribution in [2.45, 2.75) is 26.4 Å². The summed E-state index contributed by atoms with van der Waals surface area (Å²) in [5.41, 5.74) is 1.42. The van der Waals surface area contributed by atoms with Crippen LogP contribution in [0.3, 0.4) is 0 Å². The Balaban J connectivity index is 2.12. The number of carbonyl (C=O) groups is 1. The minimum Gasteiger partial charge on any atom is -0.444 e. The molecule has 0 radical (unpaired) electrons. The van der Waals surface area contributed by atoms with Crippen LogP contribution in [-0.4, -0.2) is 11.7 Å². The van der Waals surface area contributed by atoms with E-state index in [9.17, 15) is 9.18 Å². The van der Waals surface area contributed by atoms with Crippen molar-refractivity contribution in [2.24, 2.45) is 0 Å². The van der Waals surface area contributed by atoms with Crippen LogP contribution in [0.4, 0.5) is 14.9 Å². The molecule has 0 aromatic heterocycles. The molecule has 2 N–H and O–H groups in total. The van der Waals surface area contributed by atoms with E-state index < -0.39 is 17.5 Å². The quantitative estimate of drug-likeness (QED) is 0.807. The molecule has 7 heteroatoms. The van der Waals surface area contributed by atoms with E-state index in [2.05, 4.69) is 11.0 Å². The summed E-state index contributed by atoms with van der Waals surface area (Å²) >= 11 is 0. The predicted octanol–water partition coefficient (Wildman–Crippen LogP) is 2.36. The molecule has 98 valence electrons. The Hall–Kier alpha value is -2.02. The summed E-state index contributed by atoms with van der Waals surface area (Å²) in [6.45, 7) is 5.14. The maximum absolute atomic E-state index is 13.6. The van der Waals surface area contributed by atoms with Gasteiger partial charge < -0.3 is 14.4 Å². The zero-order valence-electron chi connectivity index (χ0n) is 10.2. The Morgan fingerprint density at radius 2 is 1.94 bits per heavy atom. The molecule has 0 saturated carbocycles. The SMILES string of the molecule is CC(C)(C)OC(=O)Nc1cc2c(cc1F)ONO2. The lowest BCUT2D eigenvalue weighted by Gasteiger charge is -2.19. The van der Waals surface area contributed by atoms with Gasteiger partial charge in [0.25, 0.3) is 0 Å². The lowest BCUT2D eigenvalue weighted by Crippen LogP contribution is -2.27. The Morgan fingerprint density at radius 3 is 2.56 bits per heavy atom. The van der Waals surface area contributed by atoms with Gasteiger partial charge >= 0.3 is 6.09 Å². The van der Waals surface area contributed by atoms with Crippen LogP contribution in [-0.2, 0) is 4.74 Å². The fraction of sp³-hybridized carbons (Fsp3) is 0.364. The van der Waals surface area contributed by atoms with Crippen LogP contribution in [0.1, 0.15) is 20.8 Å². The Kier molecular flexibility index (Phi) is 3.00. The third kappa shape index (κ3) is 2.80. The number of carbonyl (C=O) groups excluding carboxylic acids is 1. The standard InChI is InChI=1S/C11H13FN2O4/c1-11(2,3)16-10(15)13-7-5-9-8(4-6(7)12)17-14-18-9/h4-5,14H,1-3H3,(H,13,15). The highest BCUT2D eigenvalue weighted by Gasteiger charge is 2.21. The average molecular weight is 256 g/mol. The zero-order valence-corrected chi connectivity index (χ0v) is 10.2. The molecule has 2 rings (SSSR count). The van der Waals surface area contributed by atoms with E-state index in [0.717, 1.165) is 6.07 Å². The molecule has 0 unspecified atom stereocenters. The third-order valence-corrected chi connectivity index (χ3v) is 1.97. The summed E-state index contributed by atoms with van der Waals surface area (Å²) in [5, 5.41) is 2.30. The normalized spacial score (nSPS) is 13.3. The third-order valence-electron chi connectivity index (χ3n) is 1.97. The monoisotopic (exact) mass is 256 g/mol. The highest BCUT2D eigenvalue weighted by Crippen LogP contribution is 2.34. The summed E-state index contributed by atoms with van der Waals surface area (Å²) < 4.78 is 18.6. The Morgan fingerprint density at radius 1 is 1.33 bits per heavy atom.